The summed E-state index contributed by atoms with van der Waals surface area (Å²) in [5.41, 5.74) is 2.66. The van der Waals surface area contributed by atoms with Crippen molar-refractivity contribution in [3.05, 3.63) is 75.9 Å². The summed E-state index contributed by atoms with van der Waals surface area (Å²) < 4.78 is 5.42. The lowest BCUT2D eigenvalue weighted by atomic mass is 9.96. The van der Waals surface area contributed by atoms with Gasteiger partial charge in [-0.1, -0.05) is 30.3 Å². The number of carbonyl (C=O) groups excluding carboxylic acids is 1. The average Bonchev–Trinajstić information content (AvgIpc) is 3.18. The summed E-state index contributed by atoms with van der Waals surface area (Å²) in [7, 11) is 0. The first-order valence-corrected chi connectivity index (χ1v) is 9.88. The Kier molecular flexibility index (Phi) is 4.19. The fourth-order valence-corrected chi connectivity index (χ4v) is 4.26. The van der Waals surface area contributed by atoms with Crippen LogP contribution in [0, 0.1) is 6.92 Å². The lowest BCUT2D eigenvalue weighted by Crippen LogP contribution is -2.41. The topological polar surface area (TPSA) is 79.2 Å². The Morgan fingerprint density at radius 2 is 1.97 bits per heavy atom. The number of aromatic amines is 1. The maximum absolute atomic E-state index is 13.3. The zero-order valence-corrected chi connectivity index (χ0v) is 16.1. The number of carbonyl (C=O) groups is 1. The van der Waals surface area contributed by atoms with Crippen molar-refractivity contribution in [1.82, 2.24) is 14.9 Å². The minimum atomic E-state index is -0.572. The Bertz CT molecular complexity index is 1250. The molecule has 1 saturated heterocycles. The van der Waals surface area contributed by atoms with E-state index in [4.69, 9.17) is 9.40 Å². The van der Waals surface area contributed by atoms with Crippen LogP contribution in [0.3, 0.4) is 0 Å². The fraction of sp³-hybridized carbons (Fsp3) is 0.261. The van der Waals surface area contributed by atoms with Crippen LogP contribution in [-0.4, -0.2) is 33.9 Å². The summed E-state index contributed by atoms with van der Waals surface area (Å²) in [5, 5.41) is 0.793. The lowest BCUT2D eigenvalue weighted by molar-refractivity contribution is 0.0700. The number of benzene rings is 2. The number of hydrogen-bond acceptors (Lipinski definition) is 4. The zero-order chi connectivity index (χ0) is 20.0. The van der Waals surface area contributed by atoms with Crippen LogP contribution in [0.1, 0.15) is 40.5 Å². The van der Waals surface area contributed by atoms with Crippen LogP contribution >= 0.6 is 0 Å². The molecule has 0 spiro atoms. The van der Waals surface area contributed by atoms with Crippen LogP contribution < -0.4 is 5.63 Å². The van der Waals surface area contributed by atoms with Crippen LogP contribution in [0.15, 0.2) is 57.7 Å². The van der Waals surface area contributed by atoms with Gasteiger partial charge in [0.15, 0.2) is 0 Å². The van der Waals surface area contributed by atoms with Crippen molar-refractivity contribution in [3.63, 3.8) is 0 Å². The van der Waals surface area contributed by atoms with E-state index in [9.17, 15) is 9.59 Å². The van der Waals surface area contributed by atoms with E-state index in [2.05, 4.69) is 4.98 Å². The van der Waals surface area contributed by atoms with Crippen molar-refractivity contribution in [2.24, 2.45) is 0 Å². The van der Waals surface area contributed by atoms with E-state index in [1.165, 1.54) is 0 Å². The largest absolute Gasteiger partial charge is 0.422 e. The highest BCUT2D eigenvalue weighted by Crippen LogP contribution is 2.28. The quantitative estimate of drug-likeness (QED) is 0.527. The van der Waals surface area contributed by atoms with Gasteiger partial charge in [0.2, 0.25) is 0 Å². The molecule has 29 heavy (non-hydrogen) atoms. The molecule has 5 rings (SSSR count). The average molecular weight is 387 g/mol. The molecule has 2 aromatic carbocycles. The van der Waals surface area contributed by atoms with Crippen LogP contribution in [0.2, 0.25) is 0 Å². The molecule has 0 aliphatic carbocycles. The van der Waals surface area contributed by atoms with Gasteiger partial charge in [0.1, 0.15) is 17.0 Å². The van der Waals surface area contributed by atoms with E-state index >= 15 is 0 Å². The van der Waals surface area contributed by atoms with Gasteiger partial charge < -0.3 is 14.3 Å². The Labute approximate surface area is 167 Å². The first-order chi connectivity index (χ1) is 14.1. The first kappa shape index (κ1) is 17.7. The number of hydrogen-bond donors (Lipinski definition) is 1. The summed E-state index contributed by atoms with van der Waals surface area (Å²) >= 11 is 0. The molecule has 1 fully saturated rings. The van der Waals surface area contributed by atoms with Crippen molar-refractivity contribution in [3.8, 4) is 0 Å². The number of H-pyrrole nitrogens is 1. The molecule has 2 aromatic heterocycles. The second-order valence-electron chi connectivity index (χ2n) is 7.62. The minimum absolute atomic E-state index is 0.118. The van der Waals surface area contributed by atoms with E-state index in [1.54, 1.807) is 11.0 Å². The van der Waals surface area contributed by atoms with Gasteiger partial charge >= 0.3 is 5.63 Å². The highest BCUT2D eigenvalue weighted by molar-refractivity contribution is 5.99. The Hall–Kier alpha value is -3.41. The molecule has 1 aliphatic rings. The van der Waals surface area contributed by atoms with Crippen molar-refractivity contribution in [2.75, 3.05) is 13.1 Å². The third-order valence-corrected chi connectivity index (χ3v) is 5.79. The predicted octanol–water partition coefficient (Wildman–Crippen LogP) is 4.00. The van der Waals surface area contributed by atoms with Crippen molar-refractivity contribution >= 4 is 27.9 Å². The molecule has 1 amide bonds. The molecule has 146 valence electrons. The highest BCUT2D eigenvalue weighted by atomic mass is 16.4. The van der Waals surface area contributed by atoms with Crippen molar-refractivity contribution < 1.29 is 9.21 Å². The number of aryl methyl sites for hydroxylation is 1. The summed E-state index contributed by atoms with van der Waals surface area (Å²) in [6.07, 6.45) is 1.82. The molecule has 6 nitrogen and oxygen atoms in total. The number of para-hydroxylation sites is 3. The monoisotopic (exact) mass is 387 g/mol. The Morgan fingerprint density at radius 1 is 1.17 bits per heavy atom. The van der Waals surface area contributed by atoms with Gasteiger partial charge in [-0.2, -0.15) is 0 Å². The second kappa shape index (κ2) is 6.88. The molecule has 1 N–H and O–H groups in total. The summed E-state index contributed by atoms with van der Waals surface area (Å²) in [6, 6.07) is 15.2. The van der Waals surface area contributed by atoms with E-state index in [-0.39, 0.29) is 17.4 Å². The molecule has 0 saturated carbocycles. The van der Waals surface area contributed by atoms with Crippen molar-refractivity contribution in [2.45, 2.75) is 25.7 Å². The van der Waals surface area contributed by atoms with Crippen LogP contribution in [0.4, 0.5) is 0 Å². The van der Waals surface area contributed by atoms with E-state index in [1.807, 2.05) is 49.4 Å². The predicted molar refractivity (Wildman–Crippen MR) is 111 cm³/mol. The molecule has 6 heteroatoms. The number of fused-ring (bicyclic) bond motifs is 2. The number of likely N-dealkylation sites (tertiary alicyclic amines) is 1. The van der Waals surface area contributed by atoms with Gasteiger partial charge in [0.25, 0.3) is 5.91 Å². The fourth-order valence-electron chi connectivity index (χ4n) is 4.26. The summed E-state index contributed by atoms with van der Waals surface area (Å²) in [6.45, 7) is 2.97. The lowest BCUT2D eigenvalue weighted by Gasteiger charge is -2.32. The number of nitrogens with zero attached hydrogens (tertiary/aromatic N) is 2. The number of imidazole rings is 1. The SMILES string of the molecule is Cc1c(C(=O)N2CCCC(c3nc4ccccc4[nH]3)C2)c(=O)oc2ccccc12. The maximum atomic E-state index is 13.3. The number of aromatic nitrogens is 2. The standard InChI is InChI=1S/C23H21N3O3/c1-14-16-8-2-5-11-19(16)29-23(28)20(14)22(27)26-12-6-7-15(13-26)21-24-17-9-3-4-10-18(17)25-21/h2-5,8-11,15H,6-7,12-13H2,1H3,(H,24,25). The molecule has 1 atom stereocenters. The molecule has 0 bridgehead atoms. The van der Waals surface area contributed by atoms with Crippen molar-refractivity contribution in [1.29, 1.82) is 0 Å². The Balaban J connectivity index is 1.47. The zero-order valence-electron chi connectivity index (χ0n) is 16.1. The minimum Gasteiger partial charge on any atom is -0.422 e. The third-order valence-electron chi connectivity index (χ3n) is 5.79. The van der Waals surface area contributed by atoms with Crippen LogP contribution in [0.25, 0.3) is 22.0 Å². The van der Waals surface area contributed by atoms with Crippen LogP contribution in [-0.2, 0) is 0 Å². The van der Waals surface area contributed by atoms with E-state index < -0.39 is 5.63 Å². The van der Waals surface area contributed by atoms with Gasteiger partial charge in [-0.05, 0) is 43.5 Å². The first-order valence-electron chi connectivity index (χ1n) is 9.88. The number of nitrogens with one attached hydrogen (secondary N) is 1. The van der Waals surface area contributed by atoms with E-state index in [0.717, 1.165) is 35.1 Å². The normalized spacial score (nSPS) is 17.1. The molecular weight excluding hydrogens is 366 g/mol. The molecular formula is C23H21N3O3. The molecule has 0 radical (unpaired) electrons. The summed E-state index contributed by atoms with van der Waals surface area (Å²) in [4.78, 5) is 35.7. The Morgan fingerprint density at radius 3 is 2.83 bits per heavy atom. The van der Waals surface area contributed by atoms with Gasteiger partial charge in [-0.25, -0.2) is 9.78 Å². The highest BCUT2D eigenvalue weighted by Gasteiger charge is 2.30. The molecule has 4 aromatic rings. The maximum Gasteiger partial charge on any atom is 0.349 e. The van der Waals surface area contributed by atoms with Gasteiger partial charge in [0, 0.05) is 24.4 Å². The molecule has 1 unspecified atom stereocenters. The van der Waals surface area contributed by atoms with Gasteiger partial charge in [-0.3, -0.25) is 4.79 Å². The smallest absolute Gasteiger partial charge is 0.349 e. The number of rotatable bonds is 2. The molecule has 1 aliphatic heterocycles. The van der Waals surface area contributed by atoms with E-state index in [0.29, 0.717) is 24.2 Å². The summed E-state index contributed by atoms with van der Waals surface area (Å²) in [5.74, 6) is 0.752. The third kappa shape index (κ3) is 3.01. The van der Waals surface area contributed by atoms with Gasteiger partial charge in [0.05, 0.1) is 11.0 Å². The van der Waals surface area contributed by atoms with Gasteiger partial charge in [-0.15, -0.1) is 0 Å². The van der Waals surface area contributed by atoms with Crippen LogP contribution in [0.5, 0.6) is 0 Å². The number of amides is 1. The second-order valence-corrected chi connectivity index (χ2v) is 7.62. The number of piperidine rings is 1. The molecule has 3 heterocycles.